The second-order valence-electron chi connectivity index (χ2n) is 3.96. The molecule has 1 aliphatic heterocycles. The fourth-order valence-electron chi connectivity index (χ4n) is 1.78. The summed E-state index contributed by atoms with van der Waals surface area (Å²) in [6.07, 6.45) is 0. The quantitative estimate of drug-likeness (QED) is 0.919. The van der Waals surface area contributed by atoms with Gasteiger partial charge in [0.05, 0.1) is 12.4 Å². The van der Waals surface area contributed by atoms with E-state index in [1.165, 1.54) is 0 Å². The molecule has 1 aromatic rings. The highest BCUT2D eigenvalue weighted by molar-refractivity contribution is 8.07. The Bertz CT molecular complexity index is 406. The second-order valence-corrected chi connectivity index (χ2v) is 6.42. The lowest BCUT2D eigenvalue weighted by Gasteiger charge is -2.20. The van der Waals surface area contributed by atoms with Crippen LogP contribution in [-0.4, -0.2) is 35.5 Å². The van der Waals surface area contributed by atoms with E-state index < -0.39 is 0 Å². The highest BCUT2D eigenvalue weighted by Gasteiger charge is 2.21. The number of hydrogen-bond acceptors (Lipinski definition) is 4. The third kappa shape index (κ3) is 3.59. The molecule has 5 heteroatoms. The zero-order chi connectivity index (χ0) is 12.8. The molecule has 0 saturated carbocycles. The normalized spacial score (nSPS) is 19.3. The molecule has 0 aromatic heterocycles. The van der Waals surface area contributed by atoms with Crippen LogP contribution in [0.5, 0.6) is 5.75 Å². The number of benzene rings is 1. The van der Waals surface area contributed by atoms with Gasteiger partial charge in [-0.05, 0) is 6.07 Å². The van der Waals surface area contributed by atoms with Gasteiger partial charge in [0.2, 0.25) is 5.91 Å². The van der Waals surface area contributed by atoms with Crippen LogP contribution in [0.2, 0.25) is 0 Å². The first kappa shape index (κ1) is 13.6. The molecular formula is C13H17NO2S2. The second kappa shape index (κ2) is 6.95. The van der Waals surface area contributed by atoms with E-state index in [9.17, 15) is 4.79 Å². The van der Waals surface area contributed by atoms with Gasteiger partial charge in [-0.1, -0.05) is 18.2 Å². The molecule has 1 unspecified atom stereocenters. The van der Waals surface area contributed by atoms with E-state index in [0.29, 0.717) is 6.54 Å². The number of rotatable bonds is 4. The van der Waals surface area contributed by atoms with E-state index in [4.69, 9.17) is 4.74 Å². The Morgan fingerprint density at radius 2 is 2.28 bits per heavy atom. The van der Waals surface area contributed by atoms with Crippen molar-refractivity contribution in [3.05, 3.63) is 29.8 Å². The fourth-order valence-corrected chi connectivity index (χ4v) is 4.37. The van der Waals surface area contributed by atoms with Gasteiger partial charge >= 0.3 is 0 Å². The monoisotopic (exact) mass is 283 g/mol. The third-order valence-electron chi connectivity index (χ3n) is 2.75. The number of carbonyl (C=O) groups excluding carboxylic acids is 1. The highest BCUT2D eigenvalue weighted by Crippen LogP contribution is 2.24. The van der Waals surface area contributed by atoms with Crippen molar-refractivity contribution in [1.29, 1.82) is 0 Å². The molecule has 1 atom stereocenters. The molecular weight excluding hydrogens is 266 g/mol. The van der Waals surface area contributed by atoms with E-state index in [2.05, 4.69) is 5.32 Å². The van der Waals surface area contributed by atoms with E-state index in [0.717, 1.165) is 28.6 Å². The van der Waals surface area contributed by atoms with Crippen molar-refractivity contribution in [1.82, 2.24) is 5.32 Å². The number of ether oxygens (including phenoxy) is 1. The largest absolute Gasteiger partial charge is 0.496 e. The molecule has 0 bridgehead atoms. The molecule has 1 N–H and O–H groups in total. The molecule has 18 heavy (non-hydrogen) atoms. The zero-order valence-electron chi connectivity index (χ0n) is 10.3. The molecule has 3 nitrogen and oxygen atoms in total. The standard InChI is InChI=1S/C13H17NO2S2/c1-16-11-5-3-2-4-10(11)8-14-13(15)12-9-17-6-7-18-12/h2-5,12H,6-9H2,1H3,(H,14,15). The molecule has 1 aliphatic rings. The average molecular weight is 283 g/mol. The Morgan fingerprint density at radius 3 is 3.00 bits per heavy atom. The molecule has 0 radical (unpaired) electrons. The van der Waals surface area contributed by atoms with Crippen molar-refractivity contribution in [2.45, 2.75) is 11.8 Å². The maximum absolute atomic E-state index is 12.0. The first-order valence-electron chi connectivity index (χ1n) is 5.90. The number of nitrogens with one attached hydrogen (secondary N) is 1. The summed E-state index contributed by atoms with van der Waals surface area (Å²) in [7, 11) is 1.65. The average Bonchev–Trinajstić information content (AvgIpc) is 2.46. The fraction of sp³-hybridized carbons (Fsp3) is 0.462. The van der Waals surface area contributed by atoms with E-state index >= 15 is 0 Å². The van der Waals surface area contributed by atoms with Gasteiger partial charge < -0.3 is 10.1 Å². The third-order valence-corrected chi connectivity index (χ3v) is 5.51. The van der Waals surface area contributed by atoms with Crippen LogP contribution in [0.1, 0.15) is 5.56 Å². The minimum absolute atomic E-state index is 0.0958. The number of para-hydroxylation sites is 1. The summed E-state index contributed by atoms with van der Waals surface area (Å²) in [6, 6.07) is 7.77. The summed E-state index contributed by atoms with van der Waals surface area (Å²) in [5, 5.41) is 3.09. The van der Waals surface area contributed by atoms with Gasteiger partial charge in [-0.3, -0.25) is 4.79 Å². The van der Waals surface area contributed by atoms with Crippen LogP contribution in [-0.2, 0) is 11.3 Å². The van der Waals surface area contributed by atoms with Crippen LogP contribution in [0.3, 0.4) is 0 Å². The number of carbonyl (C=O) groups is 1. The van der Waals surface area contributed by atoms with Crippen molar-refractivity contribution >= 4 is 29.4 Å². The van der Waals surface area contributed by atoms with Crippen LogP contribution in [0.25, 0.3) is 0 Å². The minimum atomic E-state index is 0.0958. The topological polar surface area (TPSA) is 38.3 Å². The summed E-state index contributed by atoms with van der Waals surface area (Å²) in [5.41, 5.74) is 1.02. The maximum Gasteiger partial charge on any atom is 0.234 e. The molecule has 1 fully saturated rings. The summed E-state index contributed by atoms with van der Waals surface area (Å²) >= 11 is 3.61. The molecule has 1 heterocycles. The van der Waals surface area contributed by atoms with Gasteiger partial charge in [0, 0.05) is 29.4 Å². The first-order valence-corrected chi connectivity index (χ1v) is 8.10. The van der Waals surface area contributed by atoms with Gasteiger partial charge in [-0.25, -0.2) is 0 Å². The van der Waals surface area contributed by atoms with Crippen LogP contribution < -0.4 is 10.1 Å². The van der Waals surface area contributed by atoms with E-state index in [1.807, 2.05) is 36.0 Å². The van der Waals surface area contributed by atoms with Crippen LogP contribution >= 0.6 is 23.5 Å². The molecule has 1 aromatic carbocycles. The Morgan fingerprint density at radius 1 is 1.44 bits per heavy atom. The van der Waals surface area contributed by atoms with Gasteiger partial charge in [-0.15, -0.1) is 11.8 Å². The lowest BCUT2D eigenvalue weighted by atomic mass is 10.2. The van der Waals surface area contributed by atoms with Crippen LogP contribution in [0.15, 0.2) is 24.3 Å². The smallest absolute Gasteiger partial charge is 0.234 e. The summed E-state index contributed by atoms with van der Waals surface area (Å²) in [5.74, 6) is 4.10. The predicted molar refractivity (Wildman–Crippen MR) is 78.4 cm³/mol. The van der Waals surface area contributed by atoms with Crippen LogP contribution in [0, 0.1) is 0 Å². The van der Waals surface area contributed by atoms with Gasteiger partial charge in [-0.2, -0.15) is 11.8 Å². The van der Waals surface area contributed by atoms with Crippen molar-refractivity contribution in [3.63, 3.8) is 0 Å². The zero-order valence-corrected chi connectivity index (χ0v) is 12.0. The SMILES string of the molecule is COc1ccccc1CNC(=O)C1CSCCS1. The number of thioether (sulfide) groups is 2. The highest BCUT2D eigenvalue weighted by atomic mass is 32.2. The number of methoxy groups -OCH3 is 1. The maximum atomic E-state index is 12.0. The van der Waals surface area contributed by atoms with Gasteiger partial charge in [0.25, 0.3) is 0 Å². The molecule has 0 aliphatic carbocycles. The van der Waals surface area contributed by atoms with Gasteiger partial charge in [0.1, 0.15) is 5.75 Å². The Labute approximate surface area is 116 Å². The number of amides is 1. The minimum Gasteiger partial charge on any atom is -0.496 e. The lowest BCUT2D eigenvalue weighted by Crippen LogP contribution is -2.35. The summed E-state index contributed by atoms with van der Waals surface area (Å²) < 4.78 is 5.26. The van der Waals surface area contributed by atoms with E-state index in [1.54, 1.807) is 18.9 Å². The van der Waals surface area contributed by atoms with Crippen molar-refractivity contribution in [3.8, 4) is 5.75 Å². The Kier molecular flexibility index (Phi) is 5.26. The summed E-state index contributed by atoms with van der Waals surface area (Å²) in [6.45, 7) is 0.532. The van der Waals surface area contributed by atoms with Crippen LogP contribution in [0.4, 0.5) is 0 Å². The van der Waals surface area contributed by atoms with Crippen molar-refractivity contribution in [2.75, 3.05) is 24.4 Å². The molecule has 98 valence electrons. The van der Waals surface area contributed by atoms with Crippen molar-refractivity contribution in [2.24, 2.45) is 0 Å². The number of hydrogen-bond donors (Lipinski definition) is 1. The predicted octanol–water partition coefficient (Wildman–Crippen LogP) is 2.16. The molecule has 1 saturated heterocycles. The summed E-state index contributed by atoms with van der Waals surface area (Å²) in [4.78, 5) is 12.0. The van der Waals surface area contributed by atoms with Gasteiger partial charge in [0.15, 0.2) is 0 Å². The molecule has 0 spiro atoms. The van der Waals surface area contributed by atoms with E-state index in [-0.39, 0.29) is 11.2 Å². The Hall–Kier alpha value is -0.810. The molecule has 2 rings (SSSR count). The van der Waals surface area contributed by atoms with Crippen molar-refractivity contribution < 1.29 is 9.53 Å². The lowest BCUT2D eigenvalue weighted by molar-refractivity contribution is -0.120. The Balaban J connectivity index is 1.88. The first-order chi connectivity index (χ1) is 8.81. The molecule has 1 amide bonds.